The topological polar surface area (TPSA) is 104 Å². The first-order chi connectivity index (χ1) is 15.5. The van der Waals surface area contributed by atoms with Crippen LogP contribution in [0.4, 0.5) is 0 Å². The number of halogens is 1. The van der Waals surface area contributed by atoms with E-state index in [1.807, 2.05) is 31.2 Å². The van der Waals surface area contributed by atoms with Crippen molar-refractivity contribution in [3.05, 3.63) is 52.1 Å². The summed E-state index contributed by atoms with van der Waals surface area (Å²) in [5.74, 6) is 4.34. The van der Waals surface area contributed by atoms with Crippen LogP contribution in [0.2, 0.25) is 5.28 Å². The zero-order chi connectivity index (χ0) is 24.2. The lowest BCUT2D eigenvalue weighted by molar-refractivity contribution is -0.143. The Morgan fingerprint density at radius 3 is 2.42 bits per heavy atom. The van der Waals surface area contributed by atoms with E-state index < -0.39 is 11.6 Å². The number of carbonyl (C=O) groups is 2. The van der Waals surface area contributed by atoms with Crippen molar-refractivity contribution in [1.82, 2.24) is 14.9 Å². The van der Waals surface area contributed by atoms with Crippen molar-refractivity contribution in [2.75, 3.05) is 6.54 Å². The molecule has 0 atom stereocenters. The van der Waals surface area contributed by atoms with Gasteiger partial charge in [-0.05, 0) is 75.5 Å². The van der Waals surface area contributed by atoms with Gasteiger partial charge in [-0.1, -0.05) is 35.7 Å². The van der Waals surface area contributed by atoms with E-state index in [0.717, 1.165) is 24.0 Å². The lowest BCUT2D eigenvalue weighted by Crippen LogP contribution is -2.34. The molecule has 1 aromatic heterocycles. The number of carbonyl (C=O) groups excluding carboxylic acids is 1. The van der Waals surface area contributed by atoms with E-state index in [1.165, 1.54) is 0 Å². The van der Waals surface area contributed by atoms with Gasteiger partial charge in [0.2, 0.25) is 5.28 Å². The van der Waals surface area contributed by atoms with Crippen LogP contribution < -0.4 is 5.32 Å². The molecule has 0 spiro atoms. The highest BCUT2D eigenvalue weighted by molar-refractivity contribution is 6.29. The van der Waals surface area contributed by atoms with Gasteiger partial charge in [0.05, 0.1) is 12.5 Å². The maximum Gasteiger partial charge on any atom is 0.306 e. The molecular weight excluding hydrogens is 442 g/mol. The minimum absolute atomic E-state index is 0.141. The number of amides is 1. The SMILES string of the molecule is Cc1ccc(Cn2c(Cl)nc(C#CC(C)(C)O)c2C(=O)NC[C@H]2CC[C@H](C(=O)O)CC2)cc1. The number of carboxylic acids is 1. The number of nitrogens with zero attached hydrogens (tertiary/aromatic N) is 2. The highest BCUT2D eigenvalue weighted by Crippen LogP contribution is 2.28. The number of benzene rings is 1. The van der Waals surface area contributed by atoms with E-state index in [0.29, 0.717) is 25.9 Å². The molecule has 0 unspecified atom stereocenters. The molecule has 0 bridgehead atoms. The van der Waals surface area contributed by atoms with Crippen LogP contribution in [-0.4, -0.2) is 43.8 Å². The van der Waals surface area contributed by atoms with Gasteiger partial charge in [0.25, 0.3) is 5.91 Å². The monoisotopic (exact) mass is 471 g/mol. The van der Waals surface area contributed by atoms with Crippen LogP contribution in [-0.2, 0) is 11.3 Å². The molecule has 0 radical (unpaired) electrons. The van der Waals surface area contributed by atoms with Gasteiger partial charge in [-0.25, -0.2) is 4.98 Å². The van der Waals surface area contributed by atoms with Crippen molar-refractivity contribution in [3.63, 3.8) is 0 Å². The minimum Gasteiger partial charge on any atom is -0.481 e. The van der Waals surface area contributed by atoms with Gasteiger partial charge in [0, 0.05) is 6.54 Å². The highest BCUT2D eigenvalue weighted by atomic mass is 35.5. The van der Waals surface area contributed by atoms with Crippen molar-refractivity contribution in [2.24, 2.45) is 11.8 Å². The smallest absolute Gasteiger partial charge is 0.306 e. The van der Waals surface area contributed by atoms with Crippen molar-refractivity contribution >= 4 is 23.5 Å². The van der Waals surface area contributed by atoms with Crippen molar-refractivity contribution in [2.45, 2.75) is 58.6 Å². The molecule has 1 aliphatic carbocycles. The summed E-state index contributed by atoms with van der Waals surface area (Å²) in [7, 11) is 0. The second kappa shape index (κ2) is 10.4. The number of hydrogen-bond donors (Lipinski definition) is 3. The fraction of sp³-hybridized carbons (Fsp3) is 0.480. The molecule has 7 nitrogen and oxygen atoms in total. The normalized spacial score (nSPS) is 18.3. The Kier molecular flexibility index (Phi) is 7.83. The fourth-order valence-electron chi connectivity index (χ4n) is 3.91. The van der Waals surface area contributed by atoms with Gasteiger partial charge in [-0.3, -0.25) is 9.59 Å². The predicted molar refractivity (Wildman–Crippen MR) is 126 cm³/mol. The quantitative estimate of drug-likeness (QED) is 0.558. The summed E-state index contributed by atoms with van der Waals surface area (Å²) in [6.07, 6.45) is 2.75. The molecular formula is C25H30ClN3O4. The molecule has 8 heteroatoms. The van der Waals surface area contributed by atoms with Gasteiger partial charge in [-0.2, -0.15) is 0 Å². The largest absolute Gasteiger partial charge is 0.481 e. The third kappa shape index (κ3) is 6.83. The molecule has 176 valence electrons. The Hall–Kier alpha value is -2.82. The Labute approximate surface area is 199 Å². The molecule has 1 amide bonds. The van der Waals surface area contributed by atoms with Crippen LogP contribution in [0.1, 0.15) is 66.8 Å². The highest BCUT2D eigenvalue weighted by Gasteiger charge is 2.27. The summed E-state index contributed by atoms with van der Waals surface area (Å²) >= 11 is 6.41. The summed E-state index contributed by atoms with van der Waals surface area (Å²) in [6.45, 7) is 5.90. The summed E-state index contributed by atoms with van der Waals surface area (Å²) in [4.78, 5) is 28.7. The van der Waals surface area contributed by atoms with Gasteiger partial charge in [0.15, 0.2) is 0 Å². The van der Waals surface area contributed by atoms with Crippen LogP contribution in [0, 0.1) is 30.6 Å². The molecule has 1 aliphatic rings. The first-order valence-corrected chi connectivity index (χ1v) is 11.5. The van der Waals surface area contributed by atoms with E-state index in [-0.39, 0.29) is 34.4 Å². The number of carboxylic acid groups (broad SMARTS) is 1. The van der Waals surface area contributed by atoms with Crippen LogP contribution in [0.5, 0.6) is 0 Å². The molecule has 3 N–H and O–H groups in total. The van der Waals surface area contributed by atoms with E-state index in [1.54, 1.807) is 18.4 Å². The van der Waals surface area contributed by atoms with Gasteiger partial charge in [-0.15, -0.1) is 0 Å². The summed E-state index contributed by atoms with van der Waals surface area (Å²) < 4.78 is 1.62. The van der Waals surface area contributed by atoms with E-state index >= 15 is 0 Å². The lowest BCUT2D eigenvalue weighted by Gasteiger charge is -2.26. The molecule has 2 aromatic rings. The molecule has 1 heterocycles. The Morgan fingerprint density at radius 2 is 1.85 bits per heavy atom. The number of imidazole rings is 1. The summed E-state index contributed by atoms with van der Waals surface area (Å²) in [5, 5.41) is 22.3. The Balaban J connectivity index is 1.82. The molecule has 1 fully saturated rings. The molecule has 0 saturated heterocycles. The standard InChI is InChI=1S/C25H30ClN3O4/c1-16-4-6-18(7-5-16)15-29-21(20(28-24(29)26)12-13-25(2,3)33)22(30)27-14-17-8-10-19(11-9-17)23(31)32/h4-7,17,19,33H,8-11,14-15H2,1-3H3,(H,27,30)(H,31,32)/t17-,19-. The van der Waals surface area contributed by atoms with Gasteiger partial charge in [0.1, 0.15) is 17.0 Å². The van der Waals surface area contributed by atoms with Crippen LogP contribution >= 0.6 is 11.6 Å². The molecule has 0 aliphatic heterocycles. The Bertz CT molecular complexity index is 1070. The van der Waals surface area contributed by atoms with Gasteiger partial charge < -0.3 is 20.1 Å². The maximum atomic E-state index is 13.2. The fourth-order valence-corrected chi connectivity index (χ4v) is 4.14. The average Bonchev–Trinajstić information content (AvgIpc) is 3.07. The van der Waals surface area contributed by atoms with E-state index in [9.17, 15) is 19.8 Å². The van der Waals surface area contributed by atoms with Crippen LogP contribution in [0.25, 0.3) is 0 Å². The molecule has 3 rings (SSSR count). The second-order valence-corrected chi connectivity index (χ2v) is 9.56. The van der Waals surface area contributed by atoms with Crippen molar-refractivity contribution in [3.8, 4) is 11.8 Å². The predicted octanol–water partition coefficient (Wildman–Crippen LogP) is 3.64. The lowest BCUT2D eigenvalue weighted by atomic mass is 9.82. The molecule has 1 saturated carbocycles. The number of aromatic nitrogens is 2. The van der Waals surface area contributed by atoms with Crippen molar-refractivity contribution < 1.29 is 19.8 Å². The molecule has 1 aromatic carbocycles. The zero-order valence-corrected chi connectivity index (χ0v) is 19.9. The second-order valence-electron chi connectivity index (χ2n) is 9.22. The van der Waals surface area contributed by atoms with Gasteiger partial charge >= 0.3 is 5.97 Å². The van der Waals surface area contributed by atoms with Crippen LogP contribution in [0.3, 0.4) is 0 Å². The van der Waals surface area contributed by atoms with Crippen LogP contribution in [0.15, 0.2) is 24.3 Å². The van der Waals surface area contributed by atoms with E-state index in [4.69, 9.17) is 11.6 Å². The first-order valence-electron chi connectivity index (χ1n) is 11.1. The summed E-state index contributed by atoms with van der Waals surface area (Å²) in [6, 6.07) is 7.91. The number of nitrogens with one attached hydrogen (secondary N) is 1. The third-order valence-corrected chi connectivity index (χ3v) is 6.12. The number of aliphatic carboxylic acids is 1. The van der Waals surface area contributed by atoms with Crippen molar-refractivity contribution in [1.29, 1.82) is 0 Å². The minimum atomic E-state index is -1.25. The average molecular weight is 472 g/mol. The maximum absolute atomic E-state index is 13.2. The number of hydrogen-bond acceptors (Lipinski definition) is 4. The summed E-state index contributed by atoms with van der Waals surface area (Å²) in [5.41, 5.74) is 1.30. The van der Waals surface area contributed by atoms with E-state index in [2.05, 4.69) is 22.1 Å². The third-order valence-electron chi connectivity index (χ3n) is 5.83. The zero-order valence-electron chi connectivity index (χ0n) is 19.2. The number of aryl methyl sites for hydroxylation is 1. The Morgan fingerprint density at radius 1 is 1.21 bits per heavy atom. The first kappa shape index (κ1) is 24.8. The number of rotatable bonds is 6. The number of aliphatic hydroxyl groups is 1. The molecule has 33 heavy (non-hydrogen) atoms.